The van der Waals surface area contributed by atoms with Crippen LogP contribution in [0.25, 0.3) is 0 Å². The van der Waals surface area contributed by atoms with Crippen molar-refractivity contribution in [3.63, 3.8) is 0 Å². The Kier molecular flexibility index (Phi) is 2.80. The minimum Gasteiger partial charge on any atom is -0.0613 e. The van der Waals surface area contributed by atoms with Gasteiger partial charge in [0.25, 0.3) is 0 Å². The molecular weight excluding hydrogens is 156 g/mol. The molecule has 0 spiro atoms. The molecule has 0 bridgehead atoms. The van der Waals surface area contributed by atoms with Gasteiger partial charge in [0.15, 0.2) is 0 Å². The molecule has 1 rings (SSSR count). The van der Waals surface area contributed by atoms with Crippen molar-refractivity contribution in [2.45, 2.75) is 46.5 Å². The Morgan fingerprint density at radius 3 is 2.15 bits per heavy atom. The maximum atomic E-state index is 2.33. The Morgan fingerprint density at radius 2 is 1.69 bits per heavy atom. The van der Waals surface area contributed by atoms with Gasteiger partial charge in [0.1, 0.15) is 0 Å². The number of rotatable bonds is 1. The first-order chi connectivity index (χ1) is 5.93. The van der Waals surface area contributed by atoms with Gasteiger partial charge in [0.05, 0.1) is 0 Å². The summed E-state index contributed by atoms with van der Waals surface area (Å²) in [5.74, 6) is 0. The van der Waals surface area contributed by atoms with Crippen LogP contribution in [-0.2, 0) is 11.8 Å². The van der Waals surface area contributed by atoms with Crippen molar-refractivity contribution in [1.29, 1.82) is 0 Å². The summed E-state index contributed by atoms with van der Waals surface area (Å²) in [5, 5.41) is 0. The van der Waals surface area contributed by atoms with Gasteiger partial charge in [0, 0.05) is 0 Å². The first-order valence-electron chi connectivity index (χ1n) is 5.04. The summed E-state index contributed by atoms with van der Waals surface area (Å²) in [7, 11) is 0. The molecule has 0 saturated carbocycles. The lowest BCUT2D eigenvalue weighted by Crippen LogP contribution is -2.11. The van der Waals surface area contributed by atoms with E-state index in [0.29, 0.717) is 0 Å². The minimum atomic E-state index is 0.274. The van der Waals surface area contributed by atoms with Crippen LogP contribution in [0.4, 0.5) is 0 Å². The van der Waals surface area contributed by atoms with Crippen molar-refractivity contribution in [3.05, 3.63) is 34.9 Å². The summed E-state index contributed by atoms with van der Waals surface area (Å²) in [4.78, 5) is 0. The van der Waals surface area contributed by atoms with E-state index < -0.39 is 0 Å². The van der Waals surface area contributed by atoms with E-state index >= 15 is 0 Å². The predicted octanol–water partition coefficient (Wildman–Crippen LogP) is 3.85. The highest BCUT2D eigenvalue weighted by Gasteiger charge is 2.13. The van der Waals surface area contributed by atoms with Crippen LogP contribution < -0.4 is 0 Å². The van der Waals surface area contributed by atoms with E-state index in [4.69, 9.17) is 0 Å². The highest BCUT2D eigenvalue weighted by Crippen LogP contribution is 2.24. The van der Waals surface area contributed by atoms with Gasteiger partial charge < -0.3 is 0 Å². The summed E-state index contributed by atoms with van der Waals surface area (Å²) >= 11 is 0. The Labute approximate surface area is 82.0 Å². The van der Waals surface area contributed by atoms with Gasteiger partial charge in [-0.2, -0.15) is 0 Å². The van der Waals surface area contributed by atoms with Crippen LogP contribution in [0.3, 0.4) is 0 Å². The van der Waals surface area contributed by atoms with Crippen molar-refractivity contribution in [2.75, 3.05) is 0 Å². The van der Waals surface area contributed by atoms with E-state index in [9.17, 15) is 0 Å². The van der Waals surface area contributed by atoms with Crippen LogP contribution in [0.1, 0.15) is 44.4 Å². The van der Waals surface area contributed by atoms with Crippen LogP contribution in [0.5, 0.6) is 0 Å². The maximum absolute atomic E-state index is 2.33. The molecule has 1 aromatic carbocycles. The highest BCUT2D eigenvalue weighted by atomic mass is 14.2. The molecule has 0 amide bonds. The van der Waals surface area contributed by atoms with E-state index in [-0.39, 0.29) is 5.41 Å². The van der Waals surface area contributed by atoms with Crippen molar-refractivity contribution >= 4 is 0 Å². The summed E-state index contributed by atoms with van der Waals surface area (Å²) in [6.07, 6.45) is 1.13. The quantitative estimate of drug-likeness (QED) is 0.609. The van der Waals surface area contributed by atoms with Gasteiger partial charge >= 0.3 is 0 Å². The molecule has 0 unspecified atom stereocenters. The molecular formula is C13H20. The smallest absolute Gasteiger partial charge is 0.0132 e. The molecule has 0 heteroatoms. The Bertz CT molecular complexity index is 289. The zero-order chi connectivity index (χ0) is 10.1. The van der Waals surface area contributed by atoms with E-state index in [1.165, 1.54) is 16.7 Å². The van der Waals surface area contributed by atoms with Crippen molar-refractivity contribution in [1.82, 2.24) is 0 Å². The standard InChI is InChI=1S/C13H20/c1-6-11-7-10(2)8-12(9-11)13(3,4)5/h7-9H,6H2,1-5H3. The SMILES string of the molecule is CCc1cc(C)cc(C(C)(C)C)c1. The second-order valence-corrected chi connectivity index (χ2v) is 4.81. The van der Waals surface area contributed by atoms with Gasteiger partial charge in [-0.15, -0.1) is 0 Å². The maximum Gasteiger partial charge on any atom is -0.0132 e. The third-order valence-corrected chi connectivity index (χ3v) is 2.41. The van der Waals surface area contributed by atoms with Gasteiger partial charge in [-0.05, 0) is 29.9 Å². The Hall–Kier alpha value is -0.780. The summed E-state index contributed by atoms with van der Waals surface area (Å²) in [6, 6.07) is 6.89. The number of hydrogen-bond acceptors (Lipinski definition) is 0. The van der Waals surface area contributed by atoms with Crippen LogP contribution >= 0.6 is 0 Å². The van der Waals surface area contributed by atoms with Gasteiger partial charge in [-0.3, -0.25) is 0 Å². The largest absolute Gasteiger partial charge is 0.0613 e. The minimum absolute atomic E-state index is 0.274. The number of benzene rings is 1. The molecule has 0 aliphatic rings. The molecule has 0 atom stereocenters. The van der Waals surface area contributed by atoms with E-state index in [0.717, 1.165) is 6.42 Å². The second kappa shape index (κ2) is 3.53. The highest BCUT2D eigenvalue weighted by molar-refractivity contribution is 5.33. The van der Waals surface area contributed by atoms with Crippen LogP contribution in [0.15, 0.2) is 18.2 Å². The van der Waals surface area contributed by atoms with Crippen molar-refractivity contribution in [2.24, 2.45) is 0 Å². The monoisotopic (exact) mass is 176 g/mol. The molecule has 0 saturated heterocycles. The summed E-state index contributed by atoms with van der Waals surface area (Å²) in [6.45, 7) is 11.2. The summed E-state index contributed by atoms with van der Waals surface area (Å²) < 4.78 is 0. The fraction of sp³-hybridized carbons (Fsp3) is 0.538. The zero-order valence-corrected chi connectivity index (χ0v) is 9.44. The third kappa shape index (κ3) is 2.58. The van der Waals surface area contributed by atoms with Crippen LogP contribution in [-0.4, -0.2) is 0 Å². The van der Waals surface area contributed by atoms with E-state index in [2.05, 4.69) is 52.8 Å². The molecule has 0 nitrogen and oxygen atoms in total. The Morgan fingerprint density at radius 1 is 1.08 bits per heavy atom. The average molecular weight is 176 g/mol. The molecule has 13 heavy (non-hydrogen) atoms. The second-order valence-electron chi connectivity index (χ2n) is 4.81. The summed E-state index contributed by atoms with van der Waals surface area (Å²) in [5.41, 5.74) is 4.55. The molecule has 0 N–H and O–H groups in total. The normalized spacial score (nSPS) is 11.8. The van der Waals surface area contributed by atoms with Crippen LogP contribution in [0.2, 0.25) is 0 Å². The topological polar surface area (TPSA) is 0 Å². The lowest BCUT2D eigenvalue weighted by Gasteiger charge is -2.20. The Balaban J connectivity index is 3.16. The van der Waals surface area contributed by atoms with Gasteiger partial charge in [-0.1, -0.05) is 51.5 Å². The van der Waals surface area contributed by atoms with E-state index in [1.54, 1.807) is 0 Å². The molecule has 1 aromatic rings. The van der Waals surface area contributed by atoms with Crippen molar-refractivity contribution < 1.29 is 0 Å². The molecule has 0 radical (unpaired) electrons. The zero-order valence-electron chi connectivity index (χ0n) is 9.44. The van der Waals surface area contributed by atoms with Gasteiger partial charge in [-0.25, -0.2) is 0 Å². The molecule has 0 aromatic heterocycles. The average Bonchev–Trinajstić information content (AvgIpc) is 2.01. The van der Waals surface area contributed by atoms with E-state index in [1.807, 2.05) is 0 Å². The third-order valence-electron chi connectivity index (χ3n) is 2.41. The molecule has 0 heterocycles. The lowest BCUT2D eigenvalue weighted by molar-refractivity contribution is 0.589. The van der Waals surface area contributed by atoms with Gasteiger partial charge in [0.2, 0.25) is 0 Å². The number of hydrogen-bond donors (Lipinski definition) is 0. The molecule has 0 fully saturated rings. The van der Waals surface area contributed by atoms with Crippen LogP contribution in [0, 0.1) is 6.92 Å². The lowest BCUT2D eigenvalue weighted by atomic mass is 9.85. The molecule has 0 aliphatic heterocycles. The fourth-order valence-corrected chi connectivity index (χ4v) is 1.50. The number of aryl methyl sites for hydroxylation is 2. The first-order valence-corrected chi connectivity index (χ1v) is 5.04. The van der Waals surface area contributed by atoms with Crippen molar-refractivity contribution in [3.8, 4) is 0 Å². The molecule has 0 aliphatic carbocycles. The fourth-order valence-electron chi connectivity index (χ4n) is 1.50. The molecule has 72 valence electrons. The predicted molar refractivity (Wildman–Crippen MR) is 59.3 cm³/mol. The first kappa shape index (κ1) is 10.3.